The summed E-state index contributed by atoms with van der Waals surface area (Å²) < 4.78 is 0. The first kappa shape index (κ1) is 17.4. The molecule has 1 aliphatic rings. The Kier molecular flexibility index (Phi) is 4.57. The van der Waals surface area contributed by atoms with Crippen LogP contribution in [0.3, 0.4) is 0 Å². The van der Waals surface area contributed by atoms with E-state index in [2.05, 4.69) is 16.0 Å². The number of nitro benzene ring substituents is 1. The summed E-state index contributed by atoms with van der Waals surface area (Å²) in [6.07, 6.45) is 0.328. The van der Waals surface area contributed by atoms with E-state index in [0.29, 0.717) is 17.7 Å². The van der Waals surface area contributed by atoms with Gasteiger partial charge in [0.1, 0.15) is 0 Å². The van der Waals surface area contributed by atoms with Gasteiger partial charge in [-0.3, -0.25) is 14.9 Å². The number of nitrogens with one attached hydrogen (secondary N) is 3. The van der Waals surface area contributed by atoms with E-state index >= 15 is 0 Å². The number of benzene rings is 2. The van der Waals surface area contributed by atoms with Gasteiger partial charge in [0, 0.05) is 11.8 Å². The lowest BCUT2D eigenvalue weighted by Gasteiger charge is -2.16. The predicted molar refractivity (Wildman–Crippen MR) is 97.2 cm³/mol. The van der Waals surface area contributed by atoms with Crippen molar-refractivity contribution in [1.29, 1.82) is 0 Å². The number of fused-ring (bicyclic) bond motifs is 1. The standard InChI is InChI=1S/C18H18N4O4/c1-10-14(4-3-5-16(10)22(25)26)21-18(24)19-11(2)12-6-7-15-13(8-12)9-17(23)20-15/h3-8,11H,9H2,1-2H3,(H,20,23)(H2,19,21,24)/t11-/m0/s1. The maximum Gasteiger partial charge on any atom is 0.319 e. The summed E-state index contributed by atoms with van der Waals surface area (Å²) in [5.41, 5.74) is 3.28. The molecular weight excluding hydrogens is 336 g/mol. The summed E-state index contributed by atoms with van der Waals surface area (Å²) in [5.74, 6) is -0.0448. The molecule has 0 bridgehead atoms. The number of nitrogens with zero attached hydrogens (tertiary/aromatic N) is 1. The van der Waals surface area contributed by atoms with Gasteiger partial charge in [-0.15, -0.1) is 0 Å². The van der Waals surface area contributed by atoms with E-state index in [-0.39, 0.29) is 17.6 Å². The fraction of sp³-hybridized carbons (Fsp3) is 0.222. The summed E-state index contributed by atoms with van der Waals surface area (Å²) in [6, 6.07) is 9.31. The van der Waals surface area contributed by atoms with Crippen molar-refractivity contribution >= 4 is 29.0 Å². The average molecular weight is 354 g/mol. The zero-order valence-corrected chi connectivity index (χ0v) is 14.3. The molecular formula is C18H18N4O4. The van der Waals surface area contributed by atoms with E-state index in [9.17, 15) is 19.7 Å². The maximum absolute atomic E-state index is 12.3. The van der Waals surface area contributed by atoms with E-state index in [1.165, 1.54) is 12.1 Å². The molecule has 3 rings (SSSR count). The van der Waals surface area contributed by atoms with E-state index in [0.717, 1.165) is 16.8 Å². The Morgan fingerprint density at radius 2 is 2.08 bits per heavy atom. The first-order valence-corrected chi connectivity index (χ1v) is 8.09. The molecule has 0 aliphatic carbocycles. The Balaban J connectivity index is 1.69. The molecule has 0 spiro atoms. The zero-order chi connectivity index (χ0) is 18.8. The Hall–Kier alpha value is -3.42. The monoisotopic (exact) mass is 354 g/mol. The van der Waals surface area contributed by atoms with E-state index in [1.54, 1.807) is 13.0 Å². The fourth-order valence-electron chi connectivity index (χ4n) is 2.91. The van der Waals surface area contributed by atoms with Crippen LogP contribution in [0.2, 0.25) is 0 Å². The molecule has 2 aromatic rings. The normalized spacial score (nSPS) is 13.5. The summed E-state index contributed by atoms with van der Waals surface area (Å²) in [7, 11) is 0. The second-order valence-electron chi connectivity index (χ2n) is 6.17. The summed E-state index contributed by atoms with van der Waals surface area (Å²) in [4.78, 5) is 34.2. The topological polar surface area (TPSA) is 113 Å². The highest BCUT2D eigenvalue weighted by Crippen LogP contribution is 2.27. The molecule has 8 nitrogen and oxygen atoms in total. The predicted octanol–water partition coefficient (Wildman–Crippen LogP) is 3.28. The second-order valence-corrected chi connectivity index (χ2v) is 6.17. The van der Waals surface area contributed by atoms with Crippen LogP contribution in [0.5, 0.6) is 0 Å². The largest absolute Gasteiger partial charge is 0.331 e. The minimum atomic E-state index is -0.485. The number of amides is 3. The minimum Gasteiger partial charge on any atom is -0.331 e. The summed E-state index contributed by atoms with van der Waals surface area (Å²) in [6.45, 7) is 3.41. The van der Waals surface area contributed by atoms with Crippen LogP contribution in [-0.2, 0) is 11.2 Å². The summed E-state index contributed by atoms with van der Waals surface area (Å²) >= 11 is 0. The van der Waals surface area contributed by atoms with Gasteiger partial charge in [-0.05, 0) is 37.1 Å². The fourth-order valence-corrected chi connectivity index (χ4v) is 2.91. The van der Waals surface area contributed by atoms with Crippen molar-refractivity contribution in [1.82, 2.24) is 5.32 Å². The van der Waals surface area contributed by atoms with Gasteiger partial charge in [0.05, 0.1) is 28.6 Å². The SMILES string of the molecule is Cc1c(NC(=O)N[C@@H](C)c2ccc3c(c2)CC(=O)N3)cccc1[N+](=O)[O-]. The van der Waals surface area contributed by atoms with Crippen molar-refractivity contribution in [3.8, 4) is 0 Å². The van der Waals surface area contributed by atoms with Crippen molar-refractivity contribution in [3.63, 3.8) is 0 Å². The van der Waals surface area contributed by atoms with Gasteiger partial charge in [0.25, 0.3) is 5.69 Å². The molecule has 0 fully saturated rings. The summed E-state index contributed by atoms with van der Waals surface area (Å²) in [5, 5.41) is 19.2. The van der Waals surface area contributed by atoms with Gasteiger partial charge in [0.2, 0.25) is 5.91 Å². The highest BCUT2D eigenvalue weighted by molar-refractivity contribution is 5.99. The van der Waals surface area contributed by atoms with Crippen LogP contribution in [0.4, 0.5) is 21.9 Å². The van der Waals surface area contributed by atoms with Crippen LogP contribution in [0.15, 0.2) is 36.4 Å². The molecule has 3 N–H and O–H groups in total. The first-order chi connectivity index (χ1) is 12.3. The molecule has 2 aromatic carbocycles. The Labute approximate surface area is 149 Å². The lowest BCUT2D eigenvalue weighted by atomic mass is 10.0. The second kappa shape index (κ2) is 6.83. The van der Waals surface area contributed by atoms with Crippen molar-refractivity contribution in [2.24, 2.45) is 0 Å². The molecule has 0 unspecified atom stereocenters. The molecule has 0 radical (unpaired) electrons. The molecule has 0 saturated heterocycles. The number of anilines is 2. The highest BCUT2D eigenvalue weighted by atomic mass is 16.6. The van der Waals surface area contributed by atoms with Crippen LogP contribution in [0.1, 0.15) is 29.7 Å². The molecule has 3 amide bonds. The average Bonchev–Trinajstić information content (AvgIpc) is 2.95. The third kappa shape index (κ3) is 3.49. The number of nitro groups is 1. The molecule has 8 heteroatoms. The number of hydrogen-bond acceptors (Lipinski definition) is 4. The lowest BCUT2D eigenvalue weighted by Crippen LogP contribution is -2.31. The lowest BCUT2D eigenvalue weighted by molar-refractivity contribution is -0.385. The molecule has 1 heterocycles. The van der Waals surface area contributed by atoms with Crippen molar-refractivity contribution in [2.75, 3.05) is 10.6 Å². The van der Waals surface area contributed by atoms with E-state index < -0.39 is 11.0 Å². The van der Waals surface area contributed by atoms with Gasteiger partial charge >= 0.3 is 6.03 Å². The minimum absolute atomic E-state index is 0.0448. The third-order valence-corrected chi connectivity index (χ3v) is 4.35. The molecule has 0 saturated carbocycles. The smallest absolute Gasteiger partial charge is 0.319 e. The van der Waals surface area contributed by atoms with Gasteiger partial charge in [-0.25, -0.2) is 4.79 Å². The van der Waals surface area contributed by atoms with Crippen LogP contribution < -0.4 is 16.0 Å². The van der Waals surface area contributed by atoms with Crippen LogP contribution in [0.25, 0.3) is 0 Å². The molecule has 1 aliphatic heterocycles. The van der Waals surface area contributed by atoms with Crippen LogP contribution in [-0.4, -0.2) is 16.9 Å². The Morgan fingerprint density at radius 1 is 1.31 bits per heavy atom. The molecule has 134 valence electrons. The third-order valence-electron chi connectivity index (χ3n) is 4.35. The van der Waals surface area contributed by atoms with Crippen LogP contribution >= 0.6 is 0 Å². The number of carbonyl (C=O) groups excluding carboxylic acids is 2. The van der Waals surface area contributed by atoms with Gasteiger partial charge < -0.3 is 16.0 Å². The van der Waals surface area contributed by atoms with E-state index in [1.807, 2.05) is 25.1 Å². The number of urea groups is 1. The van der Waals surface area contributed by atoms with Crippen molar-refractivity contribution in [3.05, 3.63) is 63.2 Å². The van der Waals surface area contributed by atoms with E-state index in [4.69, 9.17) is 0 Å². The van der Waals surface area contributed by atoms with Crippen molar-refractivity contribution < 1.29 is 14.5 Å². The molecule has 26 heavy (non-hydrogen) atoms. The Morgan fingerprint density at radius 3 is 2.81 bits per heavy atom. The van der Waals surface area contributed by atoms with Gasteiger partial charge in [-0.2, -0.15) is 0 Å². The Bertz CT molecular complexity index is 910. The van der Waals surface area contributed by atoms with Gasteiger partial charge in [0.15, 0.2) is 0 Å². The maximum atomic E-state index is 12.3. The zero-order valence-electron chi connectivity index (χ0n) is 14.3. The quantitative estimate of drug-likeness (QED) is 0.577. The first-order valence-electron chi connectivity index (χ1n) is 8.09. The highest BCUT2D eigenvalue weighted by Gasteiger charge is 2.20. The number of carbonyl (C=O) groups is 2. The molecule has 1 atom stereocenters. The number of hydrogen-bond donors (Lipinski definition) is 3. The molecule has 0 aromatic heterocycles. The van der Waals surface area contributed by atoms with Crippen LogP contribution in [0, 0.1) is 17.0 Å². The number of rotatable bonds is 4. The van der Waals surface area contributed by atoms with Crippen molar-refractivity contribution in [2.45, 2.75) is 26.3 Å². The van der Waals surface area contributed by atoms with Gasteiger partial charge in [-0.1, -0.05) is 18.2 Å².